The number of benzene rings is 1. The summed E-state index contributed by atoms with van der Waals surface area (Å²) in [7, 11) is 0. The standard InChI is InChI=1S/C12H12N2OS/c1-2-12(15)13-8-7-10-9-5-3-4-6-11(9)16-14-10/h2-6H,1,7-8H2,(H,13,15). The van der Waals surface area contributed by atoms with Crippen LogP contribution in [0.1, 0.15) is 5.69 Å². The summed E-state index contributed by atoms with van der Waals surface area (Å²) in [5, 5.41) is 3.92. The number of aromatic nitrogens is 1. The minimum absolute atomic E-state index is 0.139. The molecule has 0 spiro atoms. The average Bonchev–Trinajstić information content (AvgIpc) is 2.73. The Kier molecular flexibility index (Phi) is 3.31. The smallest absolute Gasteiger partial charge is 0.243 e. The van der Waals surface area contributed by atoms with E-state index in [-0.39, 0.29) is 5.91 Å². The summed E-state index contributed by atoms with van der Waals surface area (Å²) < 4.78 is 5.57. The van der Waals surface area contributed by atoms with E-state index in [1.165, 1.54) is 27.7 Å². The SMILES string of the molecule is C=CC(=O)NCCc1nsc2ccccc12. The van der Waals surface area contributed by atoms with Gasteiger partial charge in [0, 0.05) is 18.4 Å². The second kappa shape index (κ2) is 4.90. The van der Waals surface area contributed by atoms with Gasteiger partial charge in [-0.1, -0.05) is 24.8 Å². The minimum atomic E-state index is -0.139. The number of fused-ring (bicyclic) bond motifs is 1. The van der Waals surface area contributed by atoms with Gasteiger partial charge in [-0.3, -0.25) is 4.79 Å². The fourth-order valence-electron chi connectivity index (χ4n) is 1.49. The van der Waals surface area contributed by atoms with Crippen LogP contribution < -0.4 is 5.32 Å². The lowest BCUT2D eigenvalue weighted by molar-refractivity contribution is -0.116. The van der Waals surface area contributed by atoms with Gasteiger partial charge in [-0.25, -0.2) is 0 Å². The van der Waals surface area contributed by atoms with Crippen molar-refractivity contribution in [1.82, 2.24) is 9.69 Å². The van der Waals surface area contributed by atoms with E-state index in [1.54, 1.807) is 0 Å². The summed E-state index contributed by atoms with van der Waals surface area (Å²) in [6.07, 6.45) is 2.03. The highest BCUT2D eigenvalue weighted by Crippen LogP contribution is 2.22. The molecule has 0 saturated heterocycles. The van der Waals surface area contributed by atoms with Crippen molar-refractivity contribution in [2.75, 3.05) is 6.54 Å². The van der Waals surface area contributed by atoms with Gasteiger partial charge in [-0.2, -0.15) is 4.37 Å². The highest BCUT2D eigenvalue weighted by Gasteiger charge is 2.04. The van der Waals surface area contributed by atoms with Crippen molar-refractivity contribution in [2.24, 2.45) is 0 Å². The molecule has 1 N–H and O–H groups in total. The van der Waals surface area contributed by atoms with Crippen LogP contribution in [0.2, 0.25) is 0 Å². The maximum absolute atomic E-state index is 11.0. The van der Waals surface area contributed by atoms with Crippen LogP contribution in [0.3, 0.4) is 0 Å². The van der Waals surface area contributed by atoms with Gasteiger partial charge in [-0.05, 0) is 23.7 Å². The van der Waals surface area contributed by atoms with Gasteiger partial charge in [0.15, 0.2) is 0 Å². The lowest BCUT2D eigenvalue weighted by atomic mass is 10.2. The molecule has 1 heterocycles. The summed E-state index contributed by atoms with van der Waals surface area (Å²) in [5.74, 6) is -0.139. The molecule has 0 unspecified atom stereocenters. The molecule has 0 aliphatic heterocycles. The number of amides is 1. The van der Waals surface area contributed by atoms with Gasteiger partial charge in [0.25, 0.3) is 0 Å². The Morgan fingerprint density at radius 2 is 2.31 bits per heavy atom. The number of hydrogen-bond donors (Lipinski definition) is 1. The number of carbonyl (C=O) groups is 1. The van der Waals surface area contributed by atoms with Gasteiger partial charge in [0.1, 0.15) is 0 Å². The number of nitrogens with zero attached hydrogens (tertiary/aromatic N) is 1. The van der Waals surface area contributed by atoms with Crippen LogP contribution >= 0.6 is 11.5 Å². The van der Waals surface area contributed by atoms with Gasteiger partial charge in [-0.15, -0.1) is 0 Å². The first-order chi connectivity index (χ1) is 7.81. The topological polar surface area (TPSA) is 42.0 Å². The zero-order chi connectivity index (χ0) is 11.4. The molecule has 16 heavy (non-hydrogen) atoms. The second-order valence-electron chi connectivity index (χ2n) is 3.37. The van der Waals surface area contributed by atoms with Crippen molar-refractivity contribution in [3.05, 3.63) is 42.6 Å². The maximum atomic E-state index is 11.0. The molecule has 0 aliphatic rings. The van der Waals surface area contributed by atoms with Crippen LogP contribution in [0.4, 0.5) is 0 Å². The molecule has 0 fully saturated rings. The van der Waals surface area contributed by atoms with E-state index in [4.69, 9.17) is 0 Å². The van der Waals surface area contributed by atoms with E-state index in [9.17, 15) is 4.79 Å². The molecule has 2 rings (SSSR count). The van der Waals surface area contributed by atoms with Crippen molar-refractivity contribution >= 4 is 27.5 Å². The van der Waals surface area contributed by atoms with E-state index in [0.717, 1.165) is 12.1 Å². The summed E-state index contributed by atoms with van der Waals surface area (Å²) in [6.45, 7) is 4.00. The van der Waals surface area contributed by atoms with Crippen LogP contribution in [-0.4, -0.2) is 16.8 Å². The predicted octanol–water partition coefficient (Wildman–Crippen LogP) is 2.14. The van der Waals surface area contributed by atoms with Gasteiger partial charge in [0.05, 0.1) is 10.4 Å². The Labute approximate surface area is 98.0 Å². The fraction of sp³-hybridized carbons (Fsp3) is 0.167. The minimum Gasteiger partial charge on any atom is -0.352 e. The normalized spacial score (nSPS) is 10.2. The first-order valence-corrected chi connectivity index (χ1v) is 5.82. The van der Waals surface area contributed by atoms with Crippen LogP contribution in [0.5, 0.6) is 0 Å². The molecule has 1 amide bonds. The van der Waals surface area contributed by atoms with Gasteiger partial charge >= 0.3 is 0 Å². The molecule has 1 aromatic heterocycles. The zero-order valence-electron chi connectivity index (χ0n) is 8.77. The van der Waals surface area contributed by atoms with Crippen LogP contribution in [0.25, 0.3) is 10.1 Å². The summed E-state index contributed by atoms with van der Waals surface area (Å²) in [6, 6.07) is 8.12. The molecule has 1 aromatic carbocycles. The third-order valence-corrected chi connectivity index (χ3v) is 3.16. The monoisotopic (exact) mass is 232 g/mol. The number of hydrogen-bond acceptors (Lipinski definition) is 3. The predicted molar refractivity (Wildman–Crippen MR) is 66.5 cm³/mol. The molecule has 0 radical (unpaired) electrons. The third kappa shape index (κ3) is 2.28. The Bertz CT molecular complexity index is 518. The largest absolute Gasteiger partial charge is 0.352 e. The highest BCUT2D eigenvalue weighted by atomic mass is 32.1. The summed E-state index contributed by atoms with van der Waals surface area (Å²) >= 11 is 1.50. The Hall–Kier alpha value is -1.68. The Balaban J connectivity index is 2.04. The molecular formula is C12H12N2OS. The first-order valence-electron chi connectivity index (χ1n) is 5.05. The van der Waals surface area contributed by atoms with Crippen molar-refractivity contribution < 1.29 is 4.79 Å². The lowest BCUT2D eigenvalue weighted by Gasteiger charge is -1.99. The second-order valence-corrected chi connectivity index (χ2v) is 4.18. The summed E-state index contributed by atoms with van der Waals surface area (Å²) in [5.41, 5.74) is 1.05. The van der Waals surface area contributed by atoms with Crippen LogP contribution in [0.15, 0.2) is 36.9 Å². The number of carbonyl (C=O) groups excluding carboxylic acids is 1. The van der Waals surface area contributed by atoms with E-state index in [1.807, 2.05) is 12.1 Å². The van der Waals surface area contributed by atoms with Crippen molar-refractivity contribution in [3.8, 4) is 0 Å². The van der Waals surface area contributed by atoms with E-state index in [0.29, 0.717) is 6.54 Å². The zero-order valence-corrected chi connectivity index (χ0v) is 9.59. The van der Waals surface area contributed by atoms with Crippen molar-refractivity contribution in [3.63, 3.8) is 0 Å². The van der Waals surface area contributed by atoms with Gasteiger partial charge < -0.3 is 5.32 Å². The number of nitrogens with one attached hydrogen (secondary N) is 1. The Morgan fingerprint density at radius 3 is 3.12 bits per heavy atom. The van der Waals surface area contributed by atoms with E-state index < -0.39 is 0 Å². The first kappa shape index (κ1) is 10.8. The highest BCUT2D eigenvalue weighted by molar-refractivity contribution is 7.13. The van der Waals surface area contributed by atoms with Crippen molar-refractivity contribution in [1.29, 1.82) is 0 Å². The van der Waals surface area contributed by atoms with Crippen molar-refractivity contribution in [2.45, 2.75) is 6.42 Å². The Morgan fingerprint density at radius 1 is 1.50 bits per heavy atom. The average molecular weight is 232 g/mol. The van der Waals surface area contributed by atoms with Crippen LogP contribution in [-0.2, 0) is 11.2 Å². The lowest BCUT2D eigenvalue weighted by Crippen LogP contribution is -2.23. The third-order valence-electron chi connectivity index (χ3n) is 2.30. The fourth-order valence-corrected chi connectivity index (χ4v) is 2.32. The molecular weight excluding hydrogens is 220 g/mol. The molecule has 3 nitrogen and oxygen atoms in total. The van der Waals surface area contributed by atoms with Gasteiger partial charge in [0.2, 0.25) is 5.91 Å². The maximum Gasteiger partial charge on any atom is 0.243 e. The quantitative estimate of drug-likeness (QED) is 0.821. The number of rotatable bonds is 4. The van der Waals surface area contributed by atoms with Crippen LogP contribution in [0, 0.1) is 0 Å². The van der Waals surface area contributed by atoms with E-state index >= 15 is 0 Å². The molecule has 4 heteroatoms. The molecule has 2 aromatic rings. The molecule has 0 saturated carbocycles. The molecule has 82 valence electrons. The molecule has 0 bridgehead atoms. The molecule has 0 aliphatic carbocycles. The van der Waals surface area contributed by atoms with E-state index in [2.05, 4.69) is 28.4 Å². The summed E-state index contributed by atoms with van der Waals surface area (Å²) in [4.78, 5) is 11.0. The molecule has 0 atom stereocenters.